The number of hydrogen-bond donors (Lipinski definition) is 1. The van der Waals surface area contributed by atoms with Gasteiger partial charge in [-0.05, 0) is 40.2 Å². The molecule has 0 atom stereocenters. The summed E-state index contributed by atoms with van der Waals surface area (Å²) in [6.45, 7) is 0. The summed E-state index contributed by atoms with van der Waals surface area (Å²) in [5.74, 6) is -0.0705. The number of anilines is 2. The van der Waals surface area contributed by atoms with E-state index < -0.39 is 5.97 Å². The van der Waals surface area contributed by atoms with E-state index in [1.54, 1.807) is 24.3 Å². The van der Waals surface area contributed by atoms with Gasteiger partial charge in [-0.15, -0.1) is 0 Å². The number of ketones is 1. The zero-order valence-corrected chi connectivity index (χ0v) is 17.8. The number of hydrogen-bond acceptors (Lipinski definition) is 6. The molecule has 1 heterocycles. The molecule has 4 aromatic rings. The van der Waals surface area contributed by atoms with Crippen LogP contribution < -0.4 is 5.32 Å². The van der Waals surface area contributed by atoms with E-state index in [9.17, 15) is 9.59 Å². The minimum absolute atomic E-state index is 0.136. The van der Waals surface area contributed by atoms with Gasteiger partial charge >= 0.3 is 5.97 Å². The fraction of sp³-hybridized carbons (Fsp3) is 0.0455. The molecule has 0 bridgehead atoms. The van der Waals surface area contributed by atoms with E-state index in [0.717, 1.165) is 0 Å². The highest BCUT2D eigenvalue weighted by Crippen LogP contribution is 2.45. The van der Waals surface area contributed by atoms with Gasteiger partial charge in [0.1, 0.15) is 5.52 Å². The second kappa shape index (κ2) is 6.97. The van der Waals surface area contributed by atoms with Crippen molar-refractivity contribution < 1.29 is 18.8 Å². The van der Waals surface area contributed by atoms with E-state index in [4.69, 9.17) is 20.9 Å². The van der Waals surface area contributed by atoms with Crippen LogP contribution in [0.15, 0.2) is 57.5 Å². The smallest absolute Gasteiger partial charge is 0.337 e. The van der Waals surface area contributed by atoms with Crippen LogP contribution in [0.3, 0.4) is 0 Å². The van der Waals surface area contributed by atoms with Crippen molar-refractivity contribution in [2.45, 2.75) is 0 Å². The Morgan fingerprint density at radius 2 is 1.90 bits per heavy atom. The van der Waals surface area contributed by atoms with E-state index in [-0.39, 0.29) is 5.78 Å². The number of aromatic nitrogens is 1. The number of rotatable bonds is 3. The molecule has 1 aliphatic rings. The van der Waals surface area contributed by atoms with Gasteiger partial charge in [-0.1, -0.05) is 41.0 Å². The molecule has 0 saturated carbocycles. The lowest BCUT2D eigenvalue weighted by atomic mass is 9.87. The minimum Gasteiger partial charge on any atom is -0.465 e. The summed E-state index contributed by atoms with van der Waals surface area (Å²) in [5.41, 5.74) is 3.69. The first-order chi connectivity index (χ1) is 14.5. The summed E-state index contributed by atoms with van der Waals surface area (Å²) in [6.07, 6.45) is 0. The number of carbonyl (C=O) groups is 2. The molecule has 1 aliphatic carbocycles. The van der Waals surface area contributed by atoms with E-state index in [0.29, 0.717) is 59.8 Å². The van der Waals surface area contributed by atoms with E-state index in [1.165, 1.54) is 13.2 Å². The van der Waals surface area contributed by atoms with Crippen molar-refractivity contribution in [1.82, 2.24) is 5.16 Å². The number of carbonyl (C=O) groups excluding carboxylic acids is 2. The van der Waals surface area contributed by atoms with Crippen LogP contribution in [0, 0.1) is 0 Å². The van der Waals surface area contributed by atoms with E-state index >= 15 is 0 Å². The molecule has 0 saturated heterocycles. The fourth-order valence-electron chi connectivity index (χ4n) is 3.63. The van der Waals surface area contributed by atoms with Crippen LogP contribution in [0.2, 0.25) is 5.02 Å². The van der Waals surface area contributed by atoms with Gasteiger partial charge in [0, 0.05) is 15.6 Å². The van der Waals surface area contributed by atoms with Crippen LogP contribution >= 0.6 is 27.5 Å². The third-order valence-electron chi connectivity index (χ3n) is 5.01. The zero-order valence-electron chi connectivity index (χ0n) is 15.5. The Balaban J connectivity index is 1.69. The molecule has 0 unspecified atom stereocenters. The maximum absolute atomic E-state index is 13.4. The normalized spacial score (nSPS) is 12.0. The Bertz CT molecular complexity index is 1380. The number of fused-ring (bicyclic) bond motifs is 2. The molecule has 0 spiro atoms. The monoisotopic (exact) mass is 482 g/mol. The number of nitrogens with one attached hydrogen (secondary N) is 1. The van der Waals surface area contributed by atoms with Gasteiger partial charge in [-0.25, -0.2) is 4.79 Å². The lowest BCUT2D eigenvalue weighted by Gasteiger charge is -2.19. The van der Waals surface area contributed by atoms with Crippen LogP contribution in [0.5, 0.6) is 0 Å². The summed E-state index contributed by atoms with van der Waals surface area (Å²) >= 11 is 9.89. The van der Waals surface area contributed by atoms with Crippen LogP contribution in [0.1, 0.15) is 26.3 Å². The number of esters is 1. The van der Waals surface area contributed by atoms with Crippen LogP contribution in [0.4, 0.5) is 11.4 Å². The first kappa shape index (κ1) is 18.8. The molecule has 3 aromatic carbocycles. The average molecular weight is 484 g/mol. The Labute approximate surface area is 183 Å². The second-order valence-electron chi connectivity index (χ2n) is 6.70. The standard InChI is InChI=1S/C22H12BrClN2O4/c1-29-22(28)10-6-7-15(14(24)8-10)25-16-9-13(23)19-18-17(16)20(27)11-4-2-3-5-12(11)21(18)30-26-19/h2-9,25H,1H3. The van der Waals surface area contributed by atoms with Crippen molar-refractivity contribution >= 4 is 61.6 Å². The molecule has 8 heteroatoms. The lowest BCUT2D eigenvalue weighted by Crippen LogP contribution is -2.11. The van der Waals surface area contributed by atoms with Gasteiger partial charge < -0.3 is 14.6 Å². The van der Waals surface area contributed by atoms with Gasteiger partial charge in [0.2, 0.25) is 0 Å². The summed E-state index contributed by atoms with van der Waals surface area (Å²) < 4.78 is 11.0. The largest absolute Gasteiger partial charge is 0.465 e. The molecule has 0 fully saturated rings. The maximum atomic E-state index is 13.4. The SMILES string of the molecule is COC(=O)c1ccc(Nc2cc(Br)c3noc4c3c2C(=O)c2ccccc2-4)c(Cl)c1. The lowest BCUT2D eigenvalue weighted by molar-refractivity contribution is 0.0600. The Morgan fingerprint density at radius 1 is 1.13 bits per heavy atom. The molecule has 1 aromatic heterocycles. The number of nitrogens with zero attached hydrogens (tertiary/aromatic N) is 1. The van der Waals surface area contributed by atoms with Crippen molar-refractivity contribution in [3.8, 4) is 11.3 Å². The van der Waals surface area contributed by atoms with E-state index in [2.05, 4.69) is 26.4 Å². The van der Waals surface area contributed by atoms with Crippen molar-refractivity contribution in [3.63, 3.8) is 0 Å². The predicted molar refractivity (Wildman–Crippen MR) is 117 cm³/mol. The highest BCUT2D eigenvalue weighted by molar-refractivity contribution is 9.10. The number of ether oxygens (including phenoxy) is 1. The van der Waals surface area contributed by atoms with Gasteiger partial charge in [-0.3, -0.25) is 4.79 Å². The van der Waals surface area contributed by atoms with Gasteiger partial charge in [0.15, 0.2) is 11.5 Å². The molecular formula is C22H12BrClN2O4. The molecular weight excluding hydrogens is 472 g/mol. The second-order valence-corrected chi connectivity index (χ2v) is 7.96. The number of benzene rings is 3. The van der Waals surface area contributed by atoms with Crippen molar-refractivity contribution in [2.24, 2.45) is 0 Å². The average Bonchev–Trinajstić information content (AvgIpc) is 3.20. The van der Waals surface area contributed by atoms with Crippen molar-refractivity contribution in [2.75, 3.05) is 12.4 Å². The summed E-state index contributed by atoms with van der Waals surface area (Å²) in [4.78, 5) is 25.1. The van der Waals surface area contributed by atoms with Gasteiger partial charge in [-0.2, -0.15) is 0 Å². The molecule has 5 rings (SSSR count). The van der Waals surface area contributed by atoms with Crippen LogP contribution in [-0.2, 0) is 4.74 Å². The van der Waals surface area contributed by atoms with E-state index in [1.807, 2.05) is 18.2 Å². The number of halogens is 2. The highest BCUT2D eigenvalue weighted by Gasteiger charge is 2.32. The Morgan fingerprint density at radius 3 is 2.63 bits per heavy atom. The van der Waals surface area contributed by atoms with Crippen LogP contribution in [0.25, 0.3) is 22.2 Å². The molecule has 0 aliphatic heterocycles. The van der Waals surface area contributed by atoms with Gasteiger partial charge in [0.25, 0.3) is 0 Å². The van der Waals surface area contributed by atoms with Crippen LogP contribution in [-0.4, -0.2) is 24.0 Å². The summed E-state index contributed by atoms with van der Waals surface area (Å²) in [5, 5.41) is 8.32. The minimum atomic E-state index is -0.483. The van der Waals surface area contributed by atoms with Crippen molar-refractivity contribution in [3.05, 3.63) is 74.7 Å². The topological polar surface area (TPSA) is 81.4 Å². The third-order valence-corrected chi connectivity index (χ3v) is 5.93. The zero-order chi connectivity index (χ0) is 21.0. The first-order valence-corrected chi connectivity index (χ1v) is 10.1. The summed E-state index contributed by atoms with van der Waals surface area (Å²) in [6, 6.07) is 13.8. The fourth-order valence-corrected chi connectivity index (χ4v) is 4.35. The quantitative estimate of drug-likeness (QED) is 0.318. The molecule has 148 valence electrons. The predicted octanol–water partition coefficient (Wildman–Crippen LogP) is 5.99. The molecule has 6 nitrogen and oxygen atoms in total. The molecule has 1 N–H and O–H groups in total. The van der Waals surface area contributed by atoms with Gasteiger partial charge in [0.05, 0.1) is 40.0 Å². The summed E-state index contributed by atoms with van der Waals surface area (Å²) in [7, 11) is 1.31. The Hall–Kier alpha value is -3.16. The number of methoxy groups -OCH3 is 1. The molecule has 0 amide bonds. The maximum Gasteiger partial charge on any atom is 0.337 e. The first-order valence-electron chi connectivity index (χ1n) is 8.90. The van der Waals surface area contributed by atoms with Crippen molar-refractivity contribution in [1.29, 1.82) is 0 Å². The Kier molecular flexibility index (Phi) is 4.38. The highest BCUT2D eigenvalue weighted by atomic mass is 79.9. The molecule has 30 heavy (non-hydrogen) atoms. The molecule has 0 radical (unpaired) electrons. The third kappa shape index (κ3) is 2.74.